The fourth-order valence-corrected chi connectivity index (χ4v) is 4.49. The van der Waals surface area contributed by atoms with Crippen LogP contribution in [0, 0.1) is 5.92 Å². The van der Waals surface area contributed by atoms with Crippen molar-refractivity contribution < 1.29 is 33.3 Å². The molecule has 1 unspecified atom stereocenters. The summed E-state index contributed by atoms with van der Waals surface area (Å²) in [7, 11) is 6.83. The van der Waals surface area contributed by atoms with Crippen molar-refractivity contribution in [1.82, 2.24) is 4.90 Å². The van der Waals surface area contributed by atoms with Gasteiger partial charge in [-0.2, -0.15) is 0 Å². The summed E-state index contributed by atoms with van der Waals surface area (Å²) in [6, 6.07) is 3.86. The van der Waals surface area contributed by atoms with Crippen LogP contribution in [0.5, 0.6) is 17.2 Å². The number of benzene rings is 1. The molecule has 1 saturated heterocycles. The molecule has 1 atom stereocenters. The lowest BCUT2D eigenvalue weighted by Crippen LogP contribution is -2.36. The van der Waals surface area contributed by atoms with Crippen molar-refractivity contribution >= 4 is 12.4 Å². The number of hydrogen-bond acceptors (Lipinski definition) is 8. The van der Waals surface area contributed by atoms with Gasteiger partial charge in [0.2, 0.25) is 5.75 Å². The van der Waals surface area contributed by atoms with Gasteiger partial charge >= 0.3 is 5.97 Å². The van der Waals surface area contributed by atoms with Gasteiger partial charge in [-0.05, 0) is 82.7 Å². The first-order valence-electron chi connectivity index (χ1n) is 12.3. The zero-order chi connectivity index (χ0) is 24.8. The largest absolute Gasteiger partial charge is 0.493 e. The van der Waals surface area contributed by atoms with Gasteiger partial charge in [0.15, 0.2) is 11.5 Å². The van der Waals surface area contributed by atoms with Crippen LogP contribution in [0.4, 0.5) is 0 Å². The van der Waals surface area contributed by atoms with Gasteiger partial charge in [0.1, 0.15) is 6.10 Å². The highest BCUT2D eigenvalue weighted by molar-refractivity contribution is 5.72. The molecule has 0 N–H and O–H groups in total. The van der Waals surface area contributed by atoms with Crippen molar-refractivity contribution in [3.8, 4) is 17.2 Å². The van der Waals surface area contributed by atoms with Gasteiger partial charge in [0, 0.05) is 6.54 Å². The van der Waals surface area contributed by atoms with Crippen molar-refractivity contribution in [2.75, 3.05) is 48.1 Å². The van der Waals surface area contributed by atoms with Gasteiger partial charge in [-0.3, -0.25) is 9.59 Å². The number of ether oxygens (including phenoxy) is 5. The first-order valence-corrected chi connectivity index (χ1v) is 12.3. The van der Waals surface area contributed by atoms with E-state index in [1.807, 2.05) is 19.2 Å². The summed E-state index contributed by atoms with van der Waals surface area (Å²) < 4.78 is 26.3. The minimum Gasteiger partial charge on any atom is -0.493 e. The molecule has 34 heavy (non-hydrogen) atoms. The van der Waals surface area contributed by atoms with Crippen molar-refractivity contribution in [3.63, 3.8) is 0 Å². The number of hydrogen-bond donors (Lipinski definition) is 0. The molecular weight excluding hydrogens is 438 g/mol. The van der Waals surface area contributed by atoms with Gasteiger partial charge in [-0.25, -0.2) is 0 Å². The summed E-state index contributed by atoms with van der Waals surface area (Å²) >= 11 is 0. The second kappa shape index (κ2) is 15.4. The molecule has 8 nitrogen and oxygen atoms in total. The summed E-state index contributed by atoms with van der Waals surface area (Å²) in [4.78, 5) is 24.2. The second-order valence-corrected chi connectivity index (χ2v) is 8.90. The number of rotatable bonds is 10. The zero-order valence-electron chi connectivity index (χ0n) is 21.2. The van der Waals surface area contributed by atoms with Crippen LogP contribution in [0.3, 0.4) is 0 Å². The van der Waals surface area contributed by atoms with E-state index in [0.717, 1.165) is 57.2 Å². The lowest BCUT2D eigenvalue weighted by Gasteiger charge is -2.28. The quantitative estimate of drug-likeness (QED) is 0.283. The summed E-state index contributed by atoms with van der Waals surface area (Å²) in [5, 5.41) is 0. The standard InChI is InChI=1S/C19H29NO5.C7H12O2/c1-20-9-5-8-15(13-20)19(21)25-10-6-7-14-11-16(22-2)18(24-4)17(12-14)23-3;8-6-9-7-4-2-1-3-5-7/h11-12,15H,5-10,13H2,1-4H3;6-7H,1-5H2. The molecule has 1 aliphatic heterocycles. The zero-order valence-corrected chi connectivity index (χ0v) is 21.2. The smallest absolute Gasteiger partial charge is 0.310 e. The van der Waals surface area contributed by atoms with Crippen LogP contribution in [-0.4, -0.2) is 71.5 Å². The van der Waals surface area contributed by atoms with Crippen LogP contribution in [0.25, 0.3) is 0 Å². The molecule has 0 spiro atoms. The van der Waals surface area contributed by atoms with E-state index in [0.29, 0.717) is 30.3 Å². The van der Waals surface area contributed by atoms with Crippen LogP contribution in [0.1, 0.15) is 56.9 Å². The Morgan fingerprint density at radius 3 is 2.24 bits per heavy atom. The van der Waals surface area contributed by atoms with Crippen LogP contribution in [0.15, 0.2) is 12.1 Å². The molecule has 1 aromatic carbocycles. The lowest BCUT2D eigenvalue weighted by molar-refractivity contribution is -0.150. The van der Waals surface area contributed by atoms with E-state index in [1.54, 1.807) is 21.3 Å². The molecule has 3 rings (SSSR count). The average Bonchev–Trinajstić information content (AvgIpc) is 2.87. The first-order chi connectivity index (χ1) is 16.5. The van der Waals surface area contributed by atoms with Crippen molar-refractivity contribution in [2.45, 2.75) is 63.9 Å². The lowest BCUT2D eigenvalue weighted by atomic mass is 9.98. The summed E-state index contributed by atoms with van der Waals surface area (Å²) in [5.74, 6) is 1.80. The number of esters is 1. The third kappa shape index (κ3) is 9.05. The minimum absolute atomic E-state index is 0.0138. The fourth-order valence-electron chi connectivity index (χ4n) is 4.49. The Morgan fingerprint density at radius 2 is 1.68 bits per heavy atom. The highest BCUT2D eigenvalue weighted by Crippen LogP contribution is 2.38. The number of piperidine rings is 1. The molecule has 2 fully saturated rings. The van der Waals surface area contributed by atoms with E-state index in [1.165, 1.54) is 19.3 Å². The van der Waals surface area contributed by atoms with Gasteiger partial charge < -0.3 is 28.6 Å². The van der Waals surface area contributed by atoms with Crippen LogP contribution in [0.2, 0.25) is 0 Å². The SMILES string of the molecule is COc1cc(CCCOC(=O)C2CCCN(C)C2)cc(OC)c1OC.O=COC1CCCCC1. The predicted octanol–water partition coefficient (Wildman–Crippen LogP) is 4.02. The molecule has 0 bridgehead atoms. The number of aryl methyl sites for hydroxylation is 1. The maximum absolute atomic E-state index is 12.1. The van der Waals surface area contributed by atoms with Gasteiger partial charge in [-0.1, -0.05) is 6.42 Å². The maximum atomic E-state index is 12.1. The molecular formula is C26H41NO7. The highest BCUT2D eigenvalue weighted by atomic mass is 16.5. The van der Waals surface area contributed by atoms with E-state index in [9.17, 15) is 9.59 Å². The number of likely N-dealkylation sites (tertiary alicyclic amines) is 1. The number of methoxy groups -OCH3 is 3. The molecule has 1 aliphatic carbocycles. The molecule has 2 aliphatic rings. The summed E-state index contributed by atoms with van der Waals surface area (Å²) in [6.45, 7) is 2.85. The minimum atomic E-state index is -0.0727. The second-order valence-electron chi connectivity index (χ2n) is 8.90. The van der Waals surface area contributed by atoms with Gasteiger partial charge in [0.05, 0.1) is 33.9 Å². The third-order valence-corrected chi connectivity index (χ3v) is 6.34. The third-order valence-electron chi connectivity index (χ3n) is 6.34. The van der Waals surface area contributed by atoms with Gasteiger partial charge in [-0.15, -0.1) is 0 Å². The van der Waals surface area contributed by atoms with Crippen LogP contribution >= 0.6 is 0 Å². The highest BCUT2D eigenvalue weighted by Gasteiger charge is 2.25. The fraction of sp³-hybridized carbons (Fsp3) is 0.692. The summed E-state index contributed by atoms with van der Waals surface area (Å²) in [5.41, 5.74) is 1.06. The molecule has 192 valence electrons. The molecule has 0 amide bonds. The molecule has 1 heterocycles. The van der Waals surface area contributed by atoms with E-state index in [4.69, 9.17) is 23.7 Å². The van der Waals surface area contributed by atoms with E-state index >= 15 is 0 Å². The molecule has 0 radical (unpaired) electrons. The number of nitrogens with zero attached hydrogens (tertiary/aromatic N) is 1. The predicted molar refractivity (Wildman–Crippen MR) is 130 cm³/mol. The Bertz CT molecular complexity index is 724. The van der Waals surface area contributed by atoms with Crippen LogP contribution in [-0.2, 0) is 25.5 Å². The topological polar surface area (TPSA) is 83.5 Å². The van der Waals surface area contributed by atoms with Gasteiger partial charge in [0.25, 0.3) is 6.47 Å². The van der Waals surface area contributed by atoms with Crippen molar-refractivity contribution in [3.05, 3.63) is 17.7 Å². The summed E-state index contributed by atoms with van der Waals surface area (Å²) in [6.07, 6.45) is 9.63. The monoisotopic (exact) mass is 479 g/mol. The molecule has 8 heteroatoms. The Balaban J connectivity index is 0.000000379. The normalized spacial score (nSPS) is 18.8. The van der Waals surface area contributed by atoms with Crippen LogP contribution < -0.4 is 14.2 Å². The number of carbonyl (C=O) groups excluding carboxylic acids is 2. The van der Waals surface area contributed by atoms with E-state index in [-0.39, 0.29) is 18.0 Å². The number of carbonyl (C=O) groups is 2. The maximum Gasteiger partial charge on any atom is 0.310 e. The Labute approximate surface area is 203 Å². The first kappa shape index (κ1) is 27.8. The van der Waals surface area contributed by atoms with Crippen molar-refractivity contribution in [2.24, 2.45) is 5.92 Å². The molecule has 0 aromatic heterocycles. The van der Waals surface area contributed by atoms with E-state index in [2.05, 4.69) is 4.90 Å². The van der Waals surface area contributed by atoms with E-state index < -0.39 is 0 Å². The molecule has 1 saturated carbocycles. The average molecular weight is 480 g/mol. The van der Waals surface area contributed by atoms with Crippen molar-refractivity contribution in [1.29, 1.82) is 0 Å². The Kier molecular flexibility index (Phi) is 12.6. The Morgan fingerprint density at radius 1 is 1.00 bits per heavy atom. The Hall–Kier alpha value is -2.48. The molecule has 1 aromatic rings.